The summed E-state index contributed by atoms with van der Waals surface area (Å²) in [7, 11) is 0. The van der Waals surface area contributed by atoms with Gasteiger partial charge in [0.15, 0.2) is 34.0 Å². The molecule has 2 amide bonds. The molecule has 8 N–H and O–H groups in total. The number of benzene rings is 2. The van der Waals surface area contributed by atoms with Crippen molar-refractivity contribution < 1.29 is 30.0 Å². The molecule has 0 spiro atoms. The summed E-state index contributed by atoms with van der Waals surface area (Å²) < 4.78 is 3.44. The fraction of sp³-hybridized carbons (Fsp3) is 0.455. The van der Waals surface area contributed by atoms with Crippen molar-refractivity contribution in [2.24, 2.45) is 0 Å². The minimum atomic E-state index is -1.19. The number of nitrogens with zero attached hydrogens (tertiary/aromatic N) is 9. The summed E-state index contributed by atoms with van der Waals surface area (Å²) in [5.74, 6) is 0.852. The van der Waals surface area contributed by atoms with Crippen molar-refractivity contribution in [3.05, 3.63) is 89.7 Å². The van der Waals surface area contributed by atoms with Gasteiger partial charge in [-0.1, -0.05) is 74.5 Å². The zero-order chi connectivity index (χ0) is 44.6. The van der Waals surface area contributed by atoms with Gasteiger partial charge in [0.1, 0.15) is 24.4 Å². The van der Waals surface area contributed by atoms with E-state index in [1.807, 2.05) is 36.4 Å². The summed E-state index contributed by atoms with van der Waals surface area (Å²) in [6, 6.07) is 17.7. The van der Waals surface area contributed by atoms with Gasteiger partial charge < -0.3 is 55.7 Å². The second-order valence-electron chi connectivity index (χ2n) is 16.8. The highest BCUT2D eigenvalue weighted by Crippen LogP contribution is 2.37. The minimum Gasteiger partial charge on any atom is -0.388 e. The molecule has 336 valence electrons. The van der Waals surface area contributed by atoms with E-state index in [4.69, 9.17) is 26.6 Å². The Kier molecular flexibility index (Phi) is 12.3. The lowest BCUT2D eigenvalue weighted by Gasteiger charge is -2.22. The lowest BCUT2D eigenvalue weighted by atomic mass is 9.91. The number of fused-ring (bicyclic) bond motifs is 2. The second kappa shape index (κ2) is 18.2. The minimum absolute atomic E-state index is 0.0293. The molecule has 9 rings (SSSR count). The monoisotopic (exact) mass is 893 g/mol. The molecule has 2 aromatic carbocycles. The van der Waals surface area contributed by atoms with Gasteiger partial charge in [-0.2, -0.15) is 19.9 Å². The Morgan fingerprint density at radius 3 is 1.80 bits per heavy atom. The zero-order valence-electron chi connectivity index (χ0n) is 35.4. The lowest BCUT2D eigenvalue weighted by molar-refractivity contribution is -0.123. The third-order valence-corrected chi connectivity index (χ3v) is 13.0. The first-order valence-corrected chi connectivity index (χ1v) is 22.2. The van der Waals surface area contributed by atoms with Gasteiger partial charge in [0.2, 0.25) is 23.0 Å². The van der Waals surface area contributed by atoms with Crippen LogP contribution in [-0.2, 0) is 9.59 Å². The molecule has 20 heteroatoms. The molecule has 0 unspecified atom stereocenters. The van der Waals surface area contributed by atoms with Crippen molar-refractivity contribution >= 4 is 63.3 Å². The van der Waals surface area contributed by atoms with Gasteiger partial charge in [-0.25, -0.2) is 9.97 Å². The Hall–Kier alpha value is -5.99. The molecule has 1 aliphatic heterocycles. The highest BCUT2D eigenvalue weighted by Gasteiger charge is 2.45. The summed E-state index contributed by atoms with van der Waals surface area (Å²) in [4.78, 5) is 55.0. The SMILES string of the molecule is CCC(=O)N[C@H]1C[C@@H](n2cnc3c(NCC(c4ccccc4)c4ccccc4)nc(N4CC[C@@H](Nc5nc(Cl)nc6c5ncn6[C@@H]5C[C@H](NC(=O)CC)[C@@H](O)[C@H]5O)C4)nc32)[C@H](O)[C@@H]1O. The number of aliphatic hydroxyl groups is 4. The van der Waals surface area contributed by atoms with Crippen molar-refractivity contribution in [3.63, 3.8) is 0 Å². The Balaban J connectivity index is 1.01. The van der Waals surface area contributed by atoms with Gasteiger partial charge in [-0.15, -0.1) is 0 Å². The molecule has 5 heterocycles. The number of hydrogen-bond acceptors (Lipinski definition) is 15. The Bertz CT molecular complexity index is 2580. The second-order valence-corrected chi connectivity index (χ2v) is 17.2. The van der Waals surface area contributed by atoms with E-state index in [0.29, 0.717) is 66.0 Å². The fourth-order valence-electron chi connectivity index (χ4n) is 9.37. The first-order chi connectivity index (χ1) is 31.0. The van der Waals surface area contributed by atoms with E-state index in [-0.39, 0.29) is 54.7 Å². The van der Waals surface area contributed by atoms with E-state index in [9.17, 15) is 30.0 Å². The highest BCUT2D eigenvalue weighted by molar-refractivity contribution is 6.28. The number of nitrogens with one attached hydrogen (secondary N) is 4. The Labute approximate surface area is 373 Å². The molecule has 6 aromatic rings. The van der Waals surface area contributed by atoms with Crippen LogP contribution < -0.4 is 26.2 Å². The van der Waals surface area contributed by atoms with Crippen molar-refractivity contribution in [2.45, 2.75) is 106 Å². The number of carbonyl (C=O) groups excluding carboxylic acids is 2. The third-order valence-electron chi connectivity index (χ3n) is 12.8. The molecule has 4 aromatic heterocycles. The Morgan fingerprint density at radius 2 is 1.25 bits per heavy atom. The van der Waals surface area contributed by atoms with Crippen LogP contribution in [0.1, 0.15) is 75.1 Å². The van der Waals surface area contributed by atoms with Crippen LogP contribution in [0.2, 0.25) is 5.28 Å². The van der Waals surface area contributed by atoms with Crippen molar-refractivity contribution in [1.82, 2.24) is 49.7 Å². The molecule has 9 atom stereocenters. The smallest absolute Gasteiger partial charge is 0.229 e. The van der Waals surface area contributed by atoms with E-state index in [1.165, 1.54) is 6.33 Å². The number of carbonyl (C=O) groups is 2. The number of aliphatic hydroxyl groups excluding tert-OH is 4. The van der Waals surface area contributed by atoms with Crippen LogP contribution >= 0.6 is 11.6 Å². The maximum Gasteiger partial charge on any atom is 0.229 e. The average molecular weight is 894 g/mol. The maximum absolute atomic E-state index is 12.3. The van der Waals surface area contributed by atoms with Crippen molar-refractivity contribution in [1.29, 1.82) is 0 Å². The third kappa shape index (κ3) is 8.40. The molecular formula is C44H52ClN13O6. The largest absolute Gasteiger partial charge is 0.388 e. The van der Waals surface area contributed by atoms with E-state index in [1.54, 1.807) is 29.3 Å². The lowest BCUT2D eigenvalue weighted by Crippen LogP contribution is -2.42. The quantitative estimate of drug-likeness (QED) is 0.0732. The van der Waals surface area contributed by atoms with Gasteiger partial charge >= 0.3 is 0 Å². The maximum atomic E-state index is 12.3. The molecule has 3 fully saturated rings. The zero-order valence-corrected chi connectivity index (χ0v) is 36.1. The summed E-state index contributed by atoms with van der Waals surface area (Å²) in [5.41, 5.74) is 4.00. The van der Waals surface area contributed by atoms with E-state index < -0.39 is 48.6 Å². The Morgan fingerprint density at radius 1 is 0.719 bits per heavy atom. The van der Waals surface area contributed by atoms with E-state index in [0.717, 1.165) is 11.1 Å². The number of amides is 2. The molecule has 2 aliphatic carbocycles. The van der Waals surface area contributed by atoms with Crippen LogP contribution in [-0.4, -0.2) is 133 Å². The van der Waals surface area contributed by atoms with Crippen LogP contribution in [0.5, 0.6) is 0 Å². The standard InChI is InChI=1S/C44H52ClN13O6/c1-3-31(59)50-27-17-29(37(63)35(27)61)57-22-48-34-40(52-43(45)54-41(34)57)49-25-15-16-56(20-25)44-53-39(46-19-26(23-11-7-5-8-12-23)24-13-9-6-10-14-24)33-42(55-44)58(21-47-33)30-18-28(36(62)38(30)64)51-32(60)4-2/h5-14,21-22,25-30,35-38,61-64H,3-4,15-20H2,1-2H3,(H,50,59)(H,51,60)(H,46,53,55)(H,49,52,54)/t25-,27+,28+,29-,30-,35-,36-,37+,38+/m1/s1. The first kappa shape index (κ1) is 43.3. The topological polar surface area (TPSA) is 254 Å². The molecule has 2 saturated carbocycles. The molecule has 0 radical (unpaired) electrons. The molecule has 64 heavy (non-hydrogen) atoms. The summed E-state index contributed by atoms with van der Waals surface area (Å²) in [5, 5.41) is 56.9. The summed E-state index contributed by atoms with van der Waals surface area (Å²) in [6.45, 7) is 4.96. The molecule has 0 bridgehead atoms. The number of anilines is 3. The summed E-state index contributed by atoms with van der Waals surface area (Å²) in [6.07, 6.45) is 0.0842. The predicted molar refractivity (Wildman–Crippen MR) is 239 cm³/mol. The van der Waals surface area contributed by atoms with Crippen molar-refractivity contribution in [2.75, 3.05) is 35.2 Å². The molecule has 1 saturated heterocycles. The van der Waals surface area contributed by atoms with Crippen LogP contribution in [0.4, 0.5) is 17.6 Å². The van der Waals surface area contributed by atoms with Crippen LogP contribution in [0.3, 0.4) is 0 Å². The molecular weight excluding hydrogens is 842 g/mol. The van der Waals surface area contributed by atoms with E-state index in [2.05, 4.69) is 65.4 Å². The predicted octanol–water partition coefficient (Wildman–Crippen LogP) is 2.68. The summed E-state index contributed by atoms with van der Waals surface area (Å²) >= 11 is 6.50. The van der Waals surface area contributed by atoms with Gasteiger partial charge in [0.05, 0.1) is 36.8 Å². The highest BCUT2D eigenvalue weighted by atomic mass is 35.5. The van der Waals surface area contributed by atoms with Crippen molar-refractivity contribution in [3.8, 4) is 0 Å². The van der Waals surface area contributed by atoms with Crippen LogP contribution in [0, 0.1) is 0 Å². The van der Waals surface area contributed by atoms with Gasteiger partial charge in [-0.05, 0) is 42.0 Å². The van der Waals surface area contributed by atoms with Gasteiger partial charge in [0, 0.05) is 44.4 Å². The fourth-order valence-corrected chi connectivity index (χ4v) is 9.53. The van der Waals surface area contributed by atoms with Crippen LogP contribution in [0.15, 0.2) is 73.3 Å². The number of halogens is 1. The number of rotatable bonds is 14. The molecule has 19 nitrogen and oxygen atoms in total. The van der Waals surface area contributed by atoms with E-state index >= 15 is 0 Å². The molecule has 3 aliphatic rings. The number of imidazole rings is 2. The van der Waals surface area contributed by atoms with Gasteiger partial charge in [0.25, 0.3) is 0 Å². The average Bonchev–Trinajstić information content (AvgIpc) is 4.15. The normalized spacial score (nSPS) is 25.7. The first-order valence-electron chi connectivity index (χ1n) is 21.8. The van der Waals surface area contributed by atoms with Crippen LogP contribution in [0.25, 0.3) is 22.3 Å². The number of hydrogen-bond donors (Lipinski definition) is 8. The number of aromatic nitrogens is 8. The van der Waals surface area contributed by atoms with Gasteiger partial charge in [-0.3, -0.25) is 9.59 Å².